The third-order valence-electron chi connectivity index (χ3n) is 9.56. The van der Waals surface area contributed by atoms with Crippen LogP contribution < -0.4 is 0 Å². The Balaban J connectivity index is 1.64. The first-order valence-electron chi connectivity index (χ1n) is 14.0. The molecule has 2 heterocycles. The number of allylic oxidation sites excluding steroid dienone is 1. The zero-order chi connectivity index (χ0) is 28.9. The highest BCUT2D eigenvalue weighted by Gasteiger charge is 2.61. The molecule has 5 rings (SSSR count). The molecule has 0 radical (unpaired) electrons. The van der Waals surface area contributed by atoms with Crippen molar-refractivity contribution >= 4 is 28.2 Å². The molecule has 1 fully saturated rings. The summed E-state index contributed by atoms with van der Waals surface area (Å²) in [6, 6.07) is 8.30. The molecule has 1 aromatic rings. The van der Waals surface area contributed by atoms with Gasteiger partial charge >= 0.3 is 5.97 Å². The molecule has 0 aromatic heterocycles. The van der Waals surface area contributed by atoms with E-state index in [9.17, 15) is 4.79 Å². The average molecular weight is 561 g/mol. The van der Waals surface area contributed by atoms with Gasteiger partial charge in [0, 0.05) is 11.5 Å². The normalized spacial score (nSPS) is 25.1. The van der Waals surface area contributed by atoms with Crippen molar-refractivity contribution in [1.29, 1.82) is 0 Å². The van der Waals surface area contributed by atoms with Gasteiger partial charge in [-0.15, -0.1) is 0 Å². The van der Waals surface area contributed by atoms with Crippen LogP contribution in [0, 0.1) is 29.1 Å². The fourth-order valence-corrected chi connectivity index (χ4v) is 6.74. The first kappa shape index (κ1) is 29.6. The van der Waals surface area contributed by atoms with Crippen molar-refractivity contribution in [3.05, 3.63) is 53.1 Å². The van der Waals surface area contributed by atoms with Crippen molar-refractivity contribution in [2.24, 2.45) is 5.41 Å². The average Bonchev–Trinajstić information content (AvgIpc) is 3.10. The van der Waals surface area contributed by atoms with Crippen molar-refractivity contribution in [2.75, 3.05) is 13.2 Å². The Labute approximate surface area is 237 Å². The van der Waals surface area contributed by atoms with E-state index >= 15 is 0 Å². The van der Waals surface area contributed by atoms with E-state index < -0.39 is 22.0 Å². The molecule has 1 aromatic carbocycles. The van der Waals surface area contributed by atoms with Crippen LogP contribution in [0.4, 0.5) is 0 Å². The quantitative estimate of drug-likeness (QED) is 0.218. The summed E-state index contributed by atoms with van der Waals surface area (Å²) in [5, 5.41) is 0.262. The van der Waals surface area contributed by atoms with Gasteiger partial charge in [0.15, 0.2) is 16.6 Å². The van der Waals surface area contributed by atoms with Gasteiger partial charge in [0.1, 0.15) is 11.5 Å². The maximum Gasteiger partial charge on any atom is 0.321 e. The fraction of sp³-hybridized carbons (Fsp3) is 0.545. The van der Waals surface area contributed by atoms with Crippen molar-refractivity contribution in [3.8, 4) is 23.7 Å². The first-order valence-corrected chi connectivity index (χ1v) is 19.8. The topological polar surface area (TPSA) is 44.8 Å². The molecule has 3 atom stereocenters. The van der Waals surface area contributed by atoms with Crippen LogP contribution in [0.5, 0.6) is 0 Å². The maximum atomic E-state index is 13.5. The highest BCUT2D eigenvalue weighted by Crippen LogP contribution is 2.63. The Morgan fingerprint density at radius 1 is 0.974 bits per heavy atom. The number of ether oxygens (including phenoxy) is 1. The molecule has 0 saturated carbocycles. The molecule has 0 amide bonds. The SMILES string of the molecule is CC(C)(C)[Si](C)(C)OCC#C/C=C1\c2ccccc2[C@H]2C[C@@H]3OC(=O)[C@]12C=C3C#CCO[Si](C)(C)C(C)(C)C. The van der Waals surface area contributed by atoms with Crippen molar-refractivity contribution in [1.82, 2.24) is 0 Å². The van der Waals surface area contributed by atoms with E-state index in [2.05, 4.69) is 110 Å². The van der Waals surface area contributed by atoms with E-state index in [0.717, 1.165) is 23.1 Å². The predicted octanol–water partition coefficient (Wildman–Crippen LogP) is 7.46. The minimum absolute atomic E-state index is 0.0329. The van der Waals surface area contributed by atoms with E-state index in [4.69, 9.17) is 13.6 Å². The van der Waals surface area contributed by atoms with Gasteiger partial charge in [-0.2, -0.15) is 0 Å². The number of carbonyl (C=O) groups is 1. The summed E-state index contributed by atoms with van der Waals surface area (Å²) in [7, 11) is -3.76. The van der Waals surface area contributed by atoms with Crippen LogP contribution >= 0.6 is 0 Å². The minimum Gasteiger partial charge on any atom is -0.456 e. The van der Waals surface area contributed by atoms with Crippen molar-refractivity contribution in [3.63, 3.8) is 0 Å². The van der Waals surface area contributed by atoms with E-state index in [1.54, 1.807) is 0 Å². The molecular formula is C33H44O4Si2. The van der Waals surface area contributed by atoms with Gasteiger partial charge in [-0.05, 0) is 71.5 Å². The number of fused-ring (bicyclic) bond motifs is 2. The summed E-state index contributed by atoms with van der Waals surface area (Å²) < 4.78 is 18.5. The molecule has 2 bridgehead atoms. The second-order valence-corrected chi connectivity index (χ2v) is 23.6. The van der Waals surface area contributed by atoms with Crippen LogP contribution in [-0.4, -0.2) is 41.9 Å². The lowest BCUT2D eigenvalue weighted by Crippen LogP contribution is -2.48. The van der Waals surface area contributed by atoms with Crippen LogP contribution in [0.25, 0.3) is 5.57 Å². The Morgan fingerprint density at radius 3 is 2.18 bits per heavy atom. The summed E-state index contributed by atoms with van der Waals surface area (Å²) in [5.41, 5.74) is 3.15. The van der Waals surface area contributed by atoms with Gasteiger partial charge < -0.3 is 13.6 Å². The maximum absolute atomic E-state index is 13.5. The molecule has 0 N–H and O–H groups in total. The molecule has 1 saturated heterocycles. The standard InChI is InChI=1S/C33H44O4Si2/c1-31(2,3)38(7,8)35-20-14-13-19-27-25-17-11-12-18-26(25)28-22-29-24(23-33(27,28)30(34)37-29)16-15-21-36-39(9,10)32(4,5)6/h11-12,17-19,23,28-29H,20-22H2,1-10H3/b27-19+/t28-,29+,33-/m1/s1. The van der Waals surface area contributed by atoms with E-state index in [-0.39, 0.29) is 28.1 Å². The summed E-state index contributed by atoms with van der Waals surface area (Å²) in [5.74, 6) is 12.8. The highest BCUT2D eigenvalue weighted by molar-refractivity contribution is 6.74. The number of carbonyl (C=O) groups excluding carboxylic acids is 1. The van der Waals surface area contributed by atoms with Crippen molar-refractivity contribution in [2.45, 2.75) is 96.2 Å². The van der Waals surface area contributed by atoms with Crippen LogP contribution in [0.1, 0.15) is 65.0 Å². The Morgan fingerprint density at radius 2 is 1.56 bits per heavy atom. The van der Waals surface area contributed by atoms with Crippen molar-refractivity contribution < 1.29 is 18.4 Å². The lowest BCUT2D eigenvalue weighted by molar-refractivity contribution is -0.163. The number of benzene rings is 1. The summed E-state index contributed by atoms with van der Waals surface area (Å²) in [6.45, 7) is 23.0. The van der Waals surface area contributed by atoms with Gasteiger partial charge in [-0.1, -0.05) is 89.5 Å². The van der Waals surface area contributed by atoms with E-state index in [0.29, 0.717) is 13.2 Å². The minimum atomic E-state index is -1.88. The summed E-state index contributed by atoms with van der Waals surface area (Å²) in [4.78, 5) is 13.5. The molecule has 208 valence electrons. The van der Waals surface area contributed by atoms with E-state index in [1.807, 2.05) is 18.2 Å². The molecule has 2 aliphatic carbocycles. The fourth-order valence-electron chi connectivity index (χ4n) is 5.00. The smallest absolute Gasteiger partial charge is 0.321 e. The molecule has 4 aliphatic rings. The van der Waals surface area contributed by atoms with Gasteiger partial charge in [-0.3, -0.25) is 4.79 Å². The number of hydrogen-bond acceptors (Lipinski definition) is 4. The number of hydrogen-bond donors (Lipinski definition) is 0. The third-order valence-corrected chi connectivity index (χ3v) is 18.5. The monoisotopic (exact) mass is 560 g/mol. The largest absolute Gasteiger partial charge is 0.456 e. The van der Waals surface area contributed by atoms with Gasteiger partial charge in [0.05, 0.1) is 13.2 Å². The third kappa shape index (κ3) is 5.37. The molecule has 39 heavy (non-hydrogen) atoms. The lowest BCUT2D eigenvalue weighted by atomic mass is 9.64. The molecule has 0 unspecified atom stereocenters. The zero-order valence-electron chi connectivity index (χ0n) is 25.4. The molecule has 6 heteroatoms. The Hall–Kier alpha value is -2.36. The van der Waals surface area contributed by atoms with Crippen LogP contribution in [-0.2, 0) is 18.4 Å². The summed E-state index contributed by atoms with van der Waals surface area (Å²) in [6.07, 6.45) is 4.38. The molecular weight excluding hydrogens is 517 g/mol. The number of esters is 1. The Bertz CT molecular complexity index is 1330. The second-order valence-electron chi connectivity index (χ2n) is 14.0. The second kappa shape index (κ2) is 10.2. The lowest BCUT2D eigenvalue weighted by Gasteiger charge is -2.44. The summed E-state index contributed by atoms with van der Waals surface area (Å²) >= 11 is 0. The van der Waals surface area contributed by atoms with Crippen LogP contribution in [0.2, 0.25) is 36.3 Å². The van der Waals surface area contributed by atoms with Gasteiger partial charge in [-0.25, -0.2) is 0 Å². The molecule has 2 aliphatic heterocycles. The highest BCUT2D eigenvalue weighted by atomic mass is 28.4. The predicted molar refractivity (Wildman–Crippen MR) is 164 cm³/mol. The van der Waals surface area contributed by atoms with Gasteiger partial charge in [0.2, 0.25) is 0 Å². The van der Waals surface area contributed by atoms with Crippen LogP contribution in [0.15, 0.2) is 42.0 Å². The molecule has 4 nitrogen and oxygen atoms in total. The first-order chi connectivity index (χ1) is 18.0. The zero-order valence-corrected chi connectivity index (χ0v) is 27.4. The Kier molecular flexibility index (Phi) is 7.78. The van der Waals surface area contributed by atoms with Gasteiger partial charge in [0.25, 0.3) is 0 Å². The molecule has 1 spiro atoms. The number of rotatable bonds is 4. The van der Waals surface area contributed by atoms with E-state index in [1.165, 1.54) is 5.56 Å². The van der Waals surface area contributed by atoms with Crippen LogP contribution in [0.3, 0.4) is 0 Å².